The third-order valence-corrected chi connectivity index (χ3v) is 4.49. The van der Waals surface area contributed by atoms with E-state index in [1.165, 1.54) is 0 Å². The molecule has 0 aromatic heterocycles. The summed E-state index contributed by atoms with van der Waals surface area (Å²) in [5, 5.41) is 1.67. The largest absolute Gasteiger partial charge is 0.354 e. The Balaban J connectivity index is 2.61. The number of carbonyl (C=O) groups excluding carboxylic acids is 1. The normalized spacial score (nSPS) is 25.6. The highest BCUT2D eigenvalue weighted by molar-refractivity contribution is 7.92. The summed E-state index contributed by atoms with van der Waals surface area (Å²) in [4.78, 5) is 11.4. The highest BCUT2D eigenvalue weighted by Crippen LogP contribution is 2.19. The quantitative estimate of drug-likeness (QED) is 0.640. The van der Waals surface area contributed by atoms with E-state index in [0.717, 1.165) is 6.42 Å². The summed E-state index contributed by atoms with van der Waals surface area (Å²) < 4.78 is 23.0. The Morgan fingerprint density at radius 3 is 2.71 bits per heavy atom. The molecule has 1 aliphatic heterocycles. The van der Waals surface area contributed by atoms with Gasteiger partial charge in [0, 0.05) is 13.1 Å². The van der Waals surface area contributed by atoms with Gasteiger partial charge < -0.3 is 11.1 Å². The molecular weight excluding hydrogens is 204 g/mol. The molecule has 1 unspecified atom stereocenters. The first kappa shape index (κ1) is 11.5. The number of sulfone groups is 1. The third kappa shape index (κ3) is 2.68. The molecule has 6 heteroatoms. The summed E-state index contributed by atoms with van der Waals surface area (Å²) in [7, 11) is -3.21. The van der Waals surface area contributed by atoms with E-state index in [9.17, 15) is 13.2 Å². The lowest BCUT2D eigenvalue weighted by Gasteiger charge is -2.21. The third-order valence-electron chi connectivity index (χ3n) is 2.31. The minimum absolute atomic E-state index is 0.133. The van der Waals surface area contributed by atoms with Crippen LogP contribution in [0.5, 0.6) is 0 Å². The first-order chi connectivity index (χ1) is 6.58. The van der Waals surface area contributed by atoms with Gasteiger partial charge in [0.15, 0.2) is 9.84 Å². The Morgan fingerprint density at radius 1 is 1.43 bits per heavy atom. The van der Waals surface area contributed by atoms with E-state index in [1.54, 1.807) is 0 Å². The minimum atomic E-state index is -3.21. The molecule has 1 atom stereocenters. The molecule has 0 saturated carbocycles. The number of nitrogens with two attached hydrogens (primary N) is 1. The fourth-order valence-corrected chi connectivity index (χ4v) is 3.38. The average Bonchev–Trinajstić information content (AvgIpc) is 2.13. The van der Waals surface area contributed by atoms with Crippen LogP contribution in [0.1, 0.15) is 19.3 Å². The van der Waals surface area contributed by atoms with Crippen molar-refractivity contribution < 1.29 is 13.2 Å². The number of amides is 1. The highest BCUT2D eigenvalue weighted by Gasteiger charge is 2.34. The smallest absolute Gasteiger partial charge is 0.238 e. The topological polar surface area (TPSA) is 89.3 Å². The van der Waals surface area contributed by atoms with Crippen molar-refractivity contribution in [1.82, 2.24) is 5.32 Å². The molecule has 1 rings (SSSR count). The Hall–Kier alpha value is -0.620. The van der Waals surface area contributed by atoms with Gasteiger partial charge in [0.25, 0.3) is 0 Å². The first-order valence-corrected chi connectivity index (χ1v) is 6.49. The van der Waals surface area contributed by atoms with Gasteiger partial charge in [-0.15, -0.1) is 0 Å². The van der Waals surface area contributed by atoms with Gasteiger partial charge >= 0.3 is 0 Å². The maximum atomic E-state index is 11.5. The molecule has 1 heterocycles. The summed E-state index contributed by atoms with van der Waals surface area (Å²) in [5.74, 6) is -0.261. The van der Waals surface area contributed by atoms with Crippen molar-refractivity contribution in [3.8, 4) is 0 Å². The van der Waals surface area contributed by atoms with Gasteiger partial charge in [-0.25, -0.2) is 8.42 Å². The molecular formula is C8H16N2O3S. The molecule has 0 spiro atoms. The maximum Gasteiger partial charge on any atom is 0.238 e. The molecule has 0 aliphatic carbocycles. The zero-order chi connectivity index (χ0) is 10.6. The lowest BCUT2D eigenvalue weighted by molar-refractivity contribution is -0.120. The molecule has 1 fully saturated rings. The predicted octanol–water partition coefficient (Wildman–Crippen LogP) is -0.971. The summed E-state index contributed by atoms with van der Waals surface area (Å²) in [6.45, 7) is 0.670. The number of rotatable bonds is 3. The number of carbonyl (C=O) groups is 1. The highest BCUT2D eigenvalue weighted by atomic mass is 32.2. The predicted molar refractivity (Wildman–Crippen MR) is 53.5 cm³/mol. The summed E-state index contributed by atoms with van der Waals surface area (Å²) >= 11 is 0. The number of hydrogen-bond donors (Lipinski definition) is 2. The van der Waals surface area contributed by atoms with Crippen molar-refractivity contribution in [2.45, 2.75) is 24.5 Å². The van der Waals surface area contributed by atoms with Crippen LogP contribution in [0.4, 0.5) is 0 Å². The summed E-state index contributed by atoms with van der Waals surface area (Å²) in [6, 6.07) is 0. The lowest BCUT2D eigenvalue weighted by atomic mass is 10.2. The first-order valence-electron chi connectivity index (χ1n) is 4.77. The van der Waals surface area contributed by atoms with Gasteiger partial charge in [0.1, 0.15) is 5.25 Å². The standard InChI is InChI=1S/C8H16N2O3S/c9-4-5-10-8(11)7-3-1-2-6-14(7,12)13/h7H,1-6,9H2,(H,10,11). The van der Waals surface area contributed by atoms with Crippen molar-refractivity contribution >= 4 is 15.7 Å². The number of nitrogens with one attached hydrogen (secondary N) is 1. The Bertz CT molecular complexity index is 300. The van der Waals surface area contributed by atoms with Crippen LogP contribution in [0.25, 0.3) is 0 Å². The molecule has 3 N–H and O–H groups in total. The van der Waals surface area contributed by atoms with Crippen LogP contribution in [0.3, 0.4) is 0 Å². The van der Waals surface area contributed by atoms with Crippen LogP contribution in [0.2, 0.25) is 0 Å². The fraction of sp³-hybridized carbons (Fsp3) is 0.875. The SMILES string of the molecule is NCCNC(=O)C1CCCCS1(=O)=O. The van der Waals surface area contributed by atoms with Gasteiger partial charge in [0.05, 0.1) is 5.75 Å². The van der Waals surface area contributed by atoms with E-state index in [1.807, 2.05) is 0 Å². The average molecular weight is 220 g/mol. The van der Waals surface area contributed by atoms with Gasteiger partial charge in [-0.05, 0) is 12.8 Å². The van der Waals surface area contributed by atoms with Gasteiger partial charge in [-0.3, -0.25) is 4.79 Å². The molecule has 0 bridgehead atoms. The Labute approximate surface area is 84.0 Å². The molecule has 1 saturated heterocycles. The minimum Gasteiger partial charge on any atom is -0.354 e. The number of hydrogen-bond acceptors (Lipinski definition) is 4. The van der Waals surface area contributed by atoms with Crippen LogP contribution >= 0.6 is 0 Å². The second-order valence-corrected chi connectivity index (χ2v) is 5.73. The summed E-state index contributed by atoms with van der Waals surface area (Å²) in [5.41, 5.74) is 5.21. The molecule has 1 aliphatic rings. The molecule has 0 aromatic rings. The van der Waals surface area contributed by atoms with Crippen molar-refractivity contribution in [2.24, 2.45) is 5.73 Å². The van der Waals surface area contributed by atoms with E-state index < -0.39 is 21.0 Å². The molecule has 5 nitrogen and oxygen atoms in total. The maximum absolute atomic E-state index is 11.5. The van der Waals surface area contributed by atoms with E-state index in [-0.39, 0.29) is 5.75 Å². The van der Waals surface area contributed by atoms with E-state index in [4.69, 9.17) is 5.73 Å². The molecule has 0 radical (unpaired) electrons. The Morgan fingerprint density at radius 2 is 2.14 bits per heavy atom. The molecule has 14 heavy (non-hydrogen) atoms. The second-order valence-electron chi connectivity index (χ2n) is 3.43. The van der Waals surface area contributed by atoms with Crippen LogP contribution < -0.4 is 11.1 Å². The van der Waals surface area contributed by atoms with Crippen molar-refractivity contribution in [2.75, 3.05) is 18.8 Å². The Kier molecular flexibility index (Phi) is 3.88. The monoisotopic (exact) mass is 220 g/mol. The lowest BCUT2D eigenvalue weighted by Crippen LogP contribution is -2.44. The summed E-state index contributed by atoms with van der Waals surface area (Å²) in [6.07, 6.45) is 1.92. The van der Waals surface area contributed by atoms with E-state index in [2.05, 4.69) is 5.32 Å². The zero-order valence-corrected chi connectivity index (χ0v) is 8.85. The molecule has 0 aromatic carbocycles. The van der Waals surface area contributed by atoms with Crippen molar-refractivity contribution in [3.63, 3.8) is 0 Å². The second kappa shape index (κ2) is 4.75. The molecule has 82 valence electrons. The molecule has 1 amide bonds. The van der Waals surface area contributed by atoms with Crippen LogP contribution in [0, 0.1) is 0 Å². The van der Waals surface area contributed by atoms with Crippen LogP contribution in [-0.4, -0.2) is 38.4 Å². The van der Waals surface area contributed by atoms with E-state index in [0.29, 0.717) is 25.9 Å². The van der Waals surface area contributed by atoms with E-state index >= 15 is 0 Å². The van der Waals surface area contributed by atoms with Crippen LogP contribution in [-0.2, 0) is 14.6 Å². The van der Waals surface area contributed by atoms with Gasteiger partial charge in [-0.2, -0.15) is 0 Å². The zero-order valence-electron chi connectivity index (χ0n) is 8.03. The fourth-order valence-electron chi connectivity index (χ4n) is 1.56. The van der Waals surface area contributed by atoms with Crippen molar-refractivity contribution in [3.05, 3.63) is 0 Å². The van der Waals surface area contributed by atoms with Gasteiger partial charge in [-0.1, -0.05) is 6.42 Å². The van der Waals surface area contributed by atoms with Gasteiger partial charge in [0.2, 0.25) is 5.91 Å². The van der Waals surface area contributed by atoms with Crippen LogP contribution in [0.15, 0.2) is 0 Å². The van der Waals surface area contributed by atoms with Crippen molar-refractivity contribution in [1.29, 1.82) is 0 Å².